The van der Waals surface area contributed by atoms with Crippen LogP contribution in [0.5, 0.6) is 0 Å². The van der Waals surface area contributed by atoms with E-state index in [0.717, 1.165) is 4.47 Å². The van der Waals surface area contributed by atoms with Crippen molar-refractivity contribution in [2.24, 2.45) is 0 Å². The Bertz CT molecular complexity index is 1040. The smallest absolute Gasteiger partial charge is 0.0226 e. The SMILES string of the molecule is CSc1c(-c2ccc(-c3cccc(Br)c3)cc2)ccc2ccccc12. The van der Waals surface area contributed by atoms with Crippen molar-refractivity contribution in [2.75, 3.05) is 6.26 Å². The fourth-order valence-electron chi connectivity index (χ4n) is 3.20. The molecular formula is C23H17BrS. The van der Waals surface area contributed by atoms with Crippen molar-refractivity contribution in [3.05, 3.63) is 89.4 Å². The second kappa shape index (κ2) is 7.07. The molecule has 122 valence electrons. The summed E-state index contributed by atoms with van der Waals surface area (Å²) < 4.78 is 1.10. The topological polar surface area (TPSA) is 0 Å². The van der Waals surface area contributed by atoms with E-state index in [1.54, 1.807) is 0 Å². The molecule has 0 bridgehead atoms. The van der Waals surface area contributed by atoms with Gasteiger partial charge in [-0.3, -0.25) is 0 Å². The van der Waals surface area contributed by atoms with Gasteiger partial charge in [0.05, 0.1) is 0 Å². The predicted octanol–water partition coefficient (Wildman–Crippen LogP) is 7.66. The first-order valence-corrected chi connectivity index (χ1v) is 10.2. The van der Waals surface area contributed by atoms with Crippen LogP contribution in [-0.2, 0) is 0 Å². The average molecular weight is 405 g/mol. The lowest BCUT2D eigenvalue weighted by molar-refractivity contribution is 1.50. The molecule has 0 aromatic heterocycles. The van der Waals surface area contributed by atoms with E-state index in [0.29, 0.717) is 0 Å². The van der Waals surface area contributed by atoms with Crippen molar-refractivity contribution in [3.8, 4) is 22.3 Å². The van der Waals surface area contributed by atoms with Gasteiger partial charge in [0.15, 0.2) is 0 Å². The fourth-order valence-corrected chi connectivity index (χ4v) is 4.41. The Hall–Kier alpha value is -2.03. The van der Waals surface area contributed by atoms with Crippen LogP contribution in [0.3, 0.4) is 0 Å². The van der Waals surface area contributed by atoms with Crippen molar-refractivity contribution in [2.45, 2.75) is 4.90 Å². The third-order valence-electron chi connectivity index (χ3n) is 4.44. The van der Waals surface area contributed by atoms with Crippen LogP contribution in [-0.4, -0.2) is 6.26 Å². The maximum Gasteiger partial charge on any atom is 0.0226 e. The van der Waals surface area contributed by atoms with Crippen LogP contribution in [0.15, 0.2) is 94.3 Å². The van der Waals surface area contributed by atoms with Crippen LogP contribution < -0.4 is 0 Å². The molecule has 0 amide bonds. The Labute approximate surface area is 161 Å². The second-order valence-electron chi connectivity index (χ2n) is 5.96. The standard InChI is InChI=1S/C23H17BrS/c1-25-23-21-8-3-2-5-17(21)13-14-22(23)18-11-9-16(10-12-18)19-6-4-7-20(24)15-19/h2-15H,1H3. The molecule has 4 rings (SSSR count). The first-order chi connectivity index (χ1) is 12.3. The summed E-state index contributed by atoms with van der Waals surface area (Å²) >= 11 is 5.37. The summed E-state index contributed by atoms with van der Waals surface area (Å²) in [5, 5.41) is 2.62. The van der Waals surface area contributed by atoms with Gasteiger partial charge >= 0.3 is 0 Å². The normalized spacial score (nSPS) is 11.0. The van der Waals surface area contributed by atoms with Gasteiger partial charge in [0.25, 0.3) is 0 Å². The van der Waals surface area contributed by atoms with E-state index >= 15 is 0 Å². The van der Waals surface area contributed by atoms with Gasteiger partial charge in [0, 0.05) is 9.37 Å². The van der Waals surface area contributed by atoms with Crippen LogP contribution in [0.2, 0.25) is 0 Å². The van der Waals surface area contributed by atoms with Gasteiger partial charge in [0.1, 0.15) is 0 Å². The third kappa shape index (κ3) is 3.24. The number of benzene rings is 4. The van der Waals surface area contributed by atoms with Crippen molar-refractivity contribution in [3.63, 3.8) is 0 Å². The number of thioether (sulfide) groups is 1. The Kier molecular flexibility index (Phi) is 4.65. The predicted molar refractivity (Wildman–Crippen MR) is 114 cm³/mol. The van der Waals surface area contributed by atoms with Crippen molar-refractivity contribution in [1.29, 1.82) is 0 Å². The summed E-state index contributed by atoms with van der Waals surface area (Å²) in [6.07, 6.45) is 2.15. The highest BCUT2D eigenvalue weighted by molar-refractivity contribution is 9.10. The molecule has 0 aliphatic rings. The van der Waals surface area contributed by atoms with Gasteiger partial charge in [-0.2, -0.15) is 0 Å². The van der Waals surface area contributed by atoms with E-state index in [1.807, 2.05) is 11.8 Å². The molecule has 0 saturated heterocycles. The summed E-state index contributed by atoms with van der Waals surface area (Å²) in [4.78, 5) is 1.34. The molecule has 4 aromatic carbocycles. The van der Waals surface area contributed by atoms with E-state index in [4.69, 9.17) is 0 Å². The van der Waals surface area contributed by atoms with Crippen LogP contribution in [0.25, 0.3) is 33.0 Å². The van der Waals surface area contributed by atoms with Gasteiger partial charge < -0.3 is 0 Å². The van der Waals surface area contributed by atoms with Crippen molar-refractivity contribution in [1.82, 2.24) is 0 Å². The molecule has 0 aliphatic carbocycles. The van der Waals surface area contributed by atoms with E-state index < -0.39 is 0 Å². The Morgan fingerprint density at radius 3 is 2.20 bits per heavy atom. The Morgan fingerprint density at radius 1 is 0.680 bits per heavy atom. The lowest BCUT2D eigenvalue weighted by Crippen LogP contribution is -1.86. The maximum atomic E-state index is 3.55. The van der Waals surface area contributed by atoms with Crippen LogP contribution >= 0.6 is 27.7 Å². The monoisotopic (exact) mass is 404 g/mol. The number of fused-ring (bicyclic) bond motifs is 1. The molecule has 0 nitrogen and oxygen atoms in total. The Morgan fingerprint density at radius 2 is 1.44 bits per heavy atom. The number of halogens is 1. The van der Waals surface area contributed by atoms with Crippen LogP contribution in [0.4, 0.5) is 0 Å². The molecule has 0 radical (unpaired) electrons. The molecule has 4 aromatic rings. The van der Waals surface area contributed by atoms with E-state index in [2.05, 4.69) is 107 Å². The lowest BCUT2D eigenvalue weighted by atomic mass is 9.98. The minimum Gasteiger partial charge on any atom is -0.128 e. The highest BCUT2D eigenvalue weighted by atomic mass is 79.9. The van der Waals surface area contributed by atoms with Gasteiger partial charge in [-0.1, -0.05) is 88.7 Å². The molecule has 0 N–H and O–H groups in total. The molecule has 0 fully saturated rings. The van der Waals surface area contributed by atoms with E-state index in [-0.39, 0.29) is 0 Å². The summed E-state index contributed by atoms with van der Waals surface area (Å²) in [7, 11) is 0. The average Bonchev–Trinajstić information content (AvgIpc) is 2.67. The van der Waals surface area contributed by atoms with Gasteiger partial charge in [0.2, 0.25) is 0 Å². The molecule has 0 spiro atoms. The zero-order valence-electron chi connectivity index (χ0n) is 13.9. The summed E-state index contributed by atoms with van der Waals surface area (Å²) in [6.45, 7) is 0. The van der Waals surface area contributed by atoms with Crippen molar-refractivity contribution < 1.29 is 0 Å². The zero-order valence-corrected chi connectivity index (χ0v) is 16.3. The second-order valence-corrected chi connectivity index (χ2v) is 7.69. The number of hydrogen-bond acceptors (Lipinski definition) is 1. The van der Waals surface area contributed by atoms with Crippen LogP contribution in [0, 0.1) is 0 Å². The number of rotatable bonds is 3. The quantitative estimate of drug-likeness (QED) is 0.315. The molecular weight excluding hydrogens is 388 g/mol. The van der Waals surface area contributed by atoms with Crippen LogP contribution in [0.1, 0.15) is 0 Å². The molecule has 0 unspecified atom stereocenters. The minimum absolute atomic E-state index is 1.10. The molecule has 0 saturated carbocycles. The van der Waals surface area contributed by atoms with Gasteiger partial charge in [-0.15, -0.1) is 11.8 Å². The number of hydrogen-bond donors (Lipinski definition) is 0. The van der Waals surface area contributed by atoms with Gasteiger partial charge in [-0.25, -0.2) is 0 Å². The highest BCUT2D eigenvalue weighted by Gasteiger charge is 2.09. The summed E-state index contributed by atoms with van der Waals surface area (Å²) in [6, 6.07) is 30.3. The summed E-state index contributed by atoms with van der Waals surface area (Å²) in [5.74, 6) is 0. The zero-order chi connectivity index (χ0) is 17.2. The highest BCUT2D eigenvalue weighted by Crippen LogP contribution is 2.37. The largest absolute Gasteiger partial charge is 0.128 e. The van der Waals surface area contributed by atoms with E-state index in [9.17, 15) is 0 Å². The molecule has 2 heteroatoms. The maximum absolute atomic E-state index is 3.55. The molecule has 0 atom stereocenters. The lowest BCUT2D eigenvalue weighted by Gasteiger charge is -2.12. The first-order valence-electron chi connectivity index (χ1n) is 8.18. The summed E-state index contributed by atoms with van der Waals surface area (Å²) in [5.41, 5.74) is 5.02. The van der Waals surface area contributed by atoms with E-state index in [1.165, 1.54) is 37.9 Å². The Balaban J connectivity index is 1.79. The molecule has 25 heavy (non-hydrogen) atoms. The minimum atomic E-state index is 1.10. The molecule has 0 aliphatic heterocycles. The first kappa shape index (κ1) is 16.4. The van der Waals surface area contributed by atoms with Crippen molar-refractivity contribution >= 4 is 38.5 Å². The third-order valence-corrected chi connectivity index (χ3v) is 5.78. The van der Waals surface area contributed by atoms with Gasteiger partial charge in [-0.05, 0) is 51.4 Å². The molecule has 0 heterocycles. The fraction of sp³-hybridized carbons (Fsp3) is 0.0435.